The number of hydrogen-bond donors (Lipinski definition) is 1. The second-order valence-corrected chi connectivity index (χ2v) is 3.86. The number of aromatic nitrogens is 1. The van der Waals surface area contributed by atoms with Gasteiger partial charge in [0.1, 0.15) is 11.8 Å². The van der Waals surface area contributed by atoms with E-state index >= 15 is 0 Å². The molecule has 0 radical (unpaired) electrons. The Morgan fingerprint density at radius 1 is 1.38 bits per heavy atom. The fourth-order valence-corrected chi connectivity index (χ4v) is 2.06. The third kappa shape index (κ3) is 1.36. The Labute approximate surface area is 93.1 Å². The third-order valence-electron chi connectivity index (χ3n) is 2.79. The molecule has 16 heavy (non-hydrogen) atoms. The Morgan fingerprint density at radius 2 is 2.31 bits per heavy atom. The van der Waals surface area contributed by atoms with Crippen LogP contribution >= 0.6 is 0 Å². The van der Waals surface area contributed by atoms with E-state index in [-0.39, 0.29) is 11.8 Å². The molecule has 82 valence electrons. The van der Waals surface area contributed by atoms with Crippen molar-refractivity contribution in [1.29, 1.82) is 0 Å². The van der Waals surface area contributed by atoms with Crippen molar-refractivity contribution in [1.82, 2.24) is 9.99 Å². The van der Waals surface area contributed by atoms with E-state index in [0.717, 1.165) is 31.0 Å². The van der Waals surface area contributed by atoms with Gasteiger partial charge >= 0.3 is 0 Å². The van der Waals surface area contributed by atoms with Gasteiger partial charge < -0.3 is 5.11 Å². The standard InChI is InChI=1S/C11H12N4O/c16-11-9(8-4-1-2-5-12-8)10-13-6-3-7-15(10)14-11/h1-2,4-5,9H,3,6-7H2,(H,14,16). The van der Waals surface area contributed by atoms with Crippen LogP contribution in [0.2, 0.25) is 0 Å². The van der Waals surface area contributed by atoms with Gasteiger partial charge in [0.25, 0.3) is 0 Å². The summed E-state index contributed by atoms with van der Waals surface area (Å²) in [5.41, 5.74) is 0.798. The maximum atomic E-state index is 9.86. The molecule has 0 amide bonds. The molecule has 0 bridgehead atoms. The average molecular weight is 216 g/mol. The molecule has 0 aliphatic carbocycles. The Hall–Kier alpha value is -1.91. The van der Waals surface area contributed by atoms with E-state index in [9.17, 15) is 5.11 Å². The summed E-state index contributed by atoms with van der Waals surface area (Å²) in [5.74, 6) is 0.642. The van der Waals surface area contributed by atoms with Crippen LogP contribution in [0.25, 0.3) is 0 Å². The third-order valence-corrected chi connectivity index (χ3v) is 2.79. The van der Waals surface area contributed by atoms with Crippen molar-refractivity contribution < 1.29 is 5.11 Å². The summed E-state index contributed by atoms with van der Waals surface area (Å²) >= 11 is 0. The monoisotopic (exact) mass is 216 g/mol. The molecule has 1 N–H and O–H groups in total. The van der Waals surface area contributed by atoms with Crippen LogP contribution in [0, 0.1) is 0 Å². The van der Waals surface area contributed by atoms with Crippen molar-refractivity contribution in [2.45, 2.75) is 12.3 Å². The zero-order valence-electron chi connectivity index (χ0n) is 8.74. The second-order valence-electron chi connectivity index (χ2n) is 3.86. The average Bonchev–Trinajstić information content (AvgIpc) is 2.66. The van der Waals surface area contributed by atoms with E-state index < -0.39 is 0 Å². The molecule has 0 spiro atoms. The topological polar surface area (TPSA) is 61.1 Å². The van der Waals surface area contributed by atoms with Crippen LogP contribution in [0.5, 0.6) is 0 Å². The smallest absolute Gasteiger partial charge is 0.221 e. The van der Waals surface area contributed by atoms with Gasteiger partial charge in [-0.25, -0.2) is 5.01 Å². The number of amidine groups is 1. The number of hydrazone groups is 1. The molecule has 0 aromatic carbocycles. The maximum absolute atomic E-state index is 9.86. The number of nitrogens with zero attached hydrogens (tertiary/aromatic N) is 4. The minimum atomic E-state index is -0.276. The molecule has 0 saturated carbocycles. The Morgan fingerprint density at radius 3 is 3.12 bits per heavy atom. The van der Waals surface area contributed by atoms with E-state index in [1.54, 1.807) is 11.2 Å². The van der Waals surface area contributed by atoms with E-state index in [1.165, 1.54) is 0 Å². The molecular weight excluding hydrogens is 204 g/mol. The van der Waals surface area contributed by atoms with Crippen LogP contribution < -0.4 is 0 Å². The van der Waals surface area contributed by atoms with Gasteiger partial charge in [0.05, 0.1) is 5.69 Å². The zero-order valence-corrected chi connectivity index (χ0v) is 8.74. The van der Waals surface area contributed by atoms with E-state index in [4.69, 9.17) is 0 Å². The summed E-state index contributed by atoms with van der Waals surface area (Å²) < 4.78 is 0. The second kappa shape index (κ2) is 3.59. The van der Waals surface area contributed by atoms with Crippen molar-refractivity contribution in [2.75, 3.05) is 13.1 Å². The molecule has 1 aromatic rings. The van der Waals surface area contributed by atoms with Gasteiger partial charge in [-0.2, -0.15) is 0 Å². The molecule has 5 heteroatoms. The van der Waals surface area contributed by atoms with Crippen molar-refractivity contribution in [3.63, 3.8) is 0 Å². The molecule has 3 rings (SSSR count). The lowest BCUT2D eigenvalue weighted by atomic mass is 10.0. The summed E-state index contributed by atoms with van der Waals surface area (Å²) in [6.45, 7) is 1.63. The summed E-state index contributed by atoms with van der Waals surface area (Å²) in [7, 11) is 0. The van der Waals surface area contributed by atoms with Crippen molar-refractivity contribution in [3.05, 3.63) is 30.1 Å². The van der Waals surface area contributed by atoms with Crippen LogP contribution in [0.1, 0.15) is 18.0 Å². The lowest BCUT2D eigenvalue weighted by Crippen LogP contribution is -2.31. The normalized spacial score (nSPS) is 23.8. The quantitative estimate of drug-likeness (QED) is 0.766. The lowest BCUT2D eigenvalue weighted by molar-refractivity contribution is 0.414. The molecular formula is C11H12N4O. The number of aliphatic hydroxyl groups is 1. The first-order valence-electron chi connectivity index (χ1n) is 5.36. The van der Waals surface area contributed by atoms with Crippen LogP contribution in [-0.4, -0.2) is 39.9 Å². The van der Waals surface area contributed by atoms with E-state index in [2.05, 4.69) is 15.1 Å². The maximum Gasteiger partial charge on any atom is 0.221 e. The predicted octanol–water partition coefficient (Wildman–Crippen LogP) is 1.15. The van der Waals surface area contributed by atoms with Gasteiger partial charge in [-0.3, -0.25) is 9.98 Å². The minimum absolute atomic E-state index is 0.0966. The molecule has 1 atom stereocenters. The van der Waals surface area contributed by atoms with Crippen LogP contribution in [-0.2, 0) is 0 Å². The van der Waals surface area contributed by atoms with Gasteiger partial charge in [-0.1, -0.05) is 6.07 Å². The highest BCUT2D eigenvalue weighted by molar-refractivity contribution is 6.10. The summed E-state index contributed by atoms with van der Waals surface area (Å²) in [5, 5.41) is 15.7. The van der Waals surface area contributed by atoms with Crippen LogP contribution in [0.3, 0.4) is 0 Å². The number of aliphatic imine (C=N–C) groups is 1. The SMILES string of the molecule is OC1=NN2CCCN=C2C1c1ccccn1. The van der Waals surface area contributed by atoms with Crippen LogP contribution in [0.4, 0.5) is 0 Å². The molecule has 0 saturated heterocycles. The number of pyridine rings is 1. The summed E-state index contributed by atoms with van der Waals surface area (Å²) in [6, 6.07) is 5.64. The number of rotatable bonds is 1. The Kier molecular flexibility index (Phi) is 2.09. The Balaban J connectivity index is 2.02. The summed E-state index contributed by atoms with van der Waals surface area (Å²) in [4.78, 5) is 8.68. The first-order chi connectivity index (χ1) is 7.86. The van der Waals surface area contributed by atoms with Gasteiger partial charge in [0.2, 0.25) is 5.90 Å². The van der Waals surface area contributed by atoms with Gasteiger partial charge in [0, 0.05) is 19.3 Å². The van der Waals surface area contributed by atoms with E-state index in [0.29, 0.717) is 0 Å². The number of aliphatic hydroxyl groups excluding tert-OH is 1. The molecule has 1 aromatic heterocycles. The molecule has 1 unspecified atom stereocenters. The molecule has 3 heterocycles. The molecule has 5 nitrogen and oxygen atoms in total. The lowest BCUT2D eigenvalue weighted by Gasteiger charge is -2.21. The van der Waals surface area contributed by atoms with Crippen molar-refractivity contribution >= 4 is 11.7 Å². The fraction of sp³-hybridized carbons (Fsp3) is 0.364. The first-order valence-corrected chi connectivity index (χ1v) is 5.36. The van der Waals surface area contributed by atoms with E-state index in [1.807, 2.05) is 18.2 Å². The summed E-state index contributed by atoms with van der Waals surface area (Å²) in [6.07, 6.45) is 2.70. The van der Waals surface area contributed by atoms with Gasteiger partial charge in [-0.05, 0) is 18.6 Å². The van der Waals surface area contributed by atoms with Crippen molar-refractivity contribution in [3.8, 4) is 0 Å². The van der Waals surface area contributed by atoms with Crippen LogP contribution in [0.15, 0.2) is 34.5 Å². The van der Waals surface area contributed by atoms with Gasteiger partial charge in [0.15, 0.2) is 0 Å². The van der Waals surface area contributed by atoms with Crippen molar-refractivity contribution in [2.24, 2.45) is 10.1 Å². The fourth-order valence-electron chi connectivity index (χ4n) is 2.06. The highest BCUT2D eigenvalue weighted by Crippen LogP contribution is 2.26. The largest absolute Gasteiger partial charge is 0.495 e. The molecule has 2 aliphatic rings. The number of fused-ring (bicyclic) bond motifs is 1. The first kappa shape index (κ1) is 9.33. The number of hydrogen-bond acceptors (Lipinski definition) is 4. The minimum Gasteiger partial charge on any atom is -0.495 e. The predicted molar refractivity (Wildman–Crippen MR) is 60.7 cm³/mol. The highest BCUT2D eigenvalue weighted by Gasteiger charge is 2.36. The molecule has 2 aliphatic heterocycles. The highest BCUT2D eigenvalue weighted by atomic mass is 16.3. The Bertz CT molecular complexity index is 454. The van der Waals surface area contributed by atoms with Gasteiger partial charge in [-0.15, -0.1) is 5.10 Å². The molecule has 0 fully saturated rings. The zero-order chi connectivity index (χ0) is 11.0.